The predicted molar refractivity (Wildman–Crippen MR) is 92.2 cm³/mol. The molecule has 2 heterocycles. The molecular formula is C19H23N3O. The Bertz CT molecular complexity index is 714. The summed E-state index contributed by atoms with van der Waals surface area (Å²) in [5.41, 5.74) is 1.05. The third kappa shape index (κ3) is 2.73. The second-order valence-electron chi connectivity index (χ2n) is 6.68. The highest BCUT2D eigenvalue weighted by atomic mass is 16.2. The Labute approximate surface area is 136 Å². The molecule has 2 aliphatic heterocycles. The Kier molecular flexibility index (Phi) is 3.79. The summed E-state index contributed by atoms with van der Waals surface area (Å²) >= 11 is 0. The highest BCUT2D eigenvalue weighted by molar-refractivity contribution is 5.87. The number of carbonyl (C=O) groups excluding carboxylic acids is 1. The van der Waals surface area contributed by atoms with Gasteiger partial charge in [0.2, 0.25) is 5.91 Å². The molecule has 0 radical (unpaired) electrons. The van der Waals surface area contributed by atoms with Gasteiger partial charge in [-0.05, 0) is 29.2 Å². The summed E-state index contributed by atoms with van der Waals surface area (Å²) in [6, 6.07) is 15.1. The fourth-order valence-corrected chi connectivity index (χ4v) is 3.90. The van der Waals surface area contributed by atoms with E-state index in [1.807, 2.05) is 0 Å². The van der Waals surface area contributed by atoms with Gasteiger partial charge in [0.15, 0.2) is 0 Å². The third-order valence-corrected chi connectivity index (χ3v) is 5.29. The van der Waals surface area contributed by atoms with E-state index in [1.54, 1.807) is 0 Å². The van der Waals surface area contributed by atoms with E-state index in [-0.39, 0.29) is 11.4 Å². The van der Waals surface area contributed by atoms with Crippen LogP contribution in [0.3, 0.4) is 0 Å². The maximum Gasteiger partial charge on any atom is 0.240 e. The van der Waals surface area contributed by atoms with Crippen molar-refractivity contribution in [3.63, 3.8) is 0 Å². The van der Waals surface area contributed by atoms with Crippen LogP contribution in [0.2, 0.25) is 0 Å². The SMILES string of the molecule is O=C1NCCNC12CCN(Cc1cccc3ccccc13)CC2. The van der Waals surface area contributed by atoms with Crippen molar-refractivity contribution < 1.29 is 4.79 Å². The molecule has 2 aromatic rings. The number of rotatable bonds is 2. The van der Waals surface area contributed by atoms with Crippen molar-refractivity contribution in [1.82, 2.24) is 15.5 Å². The predicted octanol–water partition coefficient (Wildman–Crippen LogP) is 1.89. The number of fused-ring (bicyclic) bond motifs is 1. The van der Waals surface area contributed by atoms with Crippen molar-refractivity contribution in [1.29, 1.82) is 0 Å². The van der Waals surface area contributed by atoms with Crippen LogP contribution in [0.4, 0.5) is 0 Å². The van der Waals surface area contributed by atoms with Gasteiger partial charge in [-0.15, -0.1) is 0 Å². The standard InChI is InChI=1S/C19H23N3O/c23-18-19(21-11-10-20-18)8-12-22(13-9-19)14-16-6-3-5-15-4-1-2-7-17(15)16/h1-7,21H,8-14H2,(H,20,23). The molecule has 2 saturated heterocycles. The van der Waals surface area contributed by atoms with Crippen LogP contribution in [-0.2, 0) is 11.3 Å². The first-order valence-corrected chi connectivity index (χ1v) is 8.49. The van der Waals surface area contributed by atoms with Gasteiger partial charge in [-0.3, -0.25) is 9.69 Å². The van der Waals surface area contributed by atoms with Gasteiger partial charge in [0.05, 0.1) is 0 Å². The van der Waals surface area contributed by atoms with Crippen LogP contribution in [0.5, 0.6) is 0 Å². The molecule has 1 spiro atoms. The van der Waals surface area contributed by atoms with Crippen molar-refractivity contribution in [2.75, 3.05) is 26.2 Å². The van der Waals surface area contributed by atoms with Crippen LogP contribution in [0.25, 0.3) is 10.8 Å². The topological polar surface area (TPSA) is 44.4 Å². The van der Waals surface area contributed by atoms with E-state index in [9.17, 15) is 4.79 Å². The quantitative estimate of drug-likeness (QED) is 0.890. The van der Waals surface area contributed by atoms with Crippen LogP contribution in [0, 0.1) is 0 Å². The lowest BCUT2D eigenvalue weighted by Gasteiger charge is -2.43. The zero-order valence-electron chi connectivity index (χ0n) is 13.3. The van der Waals surface area contributed by atoms with Gasteiger partial charge in [0.25, 0.3) is 0 Å². The monoisotopic (exact) mass is 309 g/mol. The average Bonchev–Trinajstić information content (AvgIpc) is 2.60. The third-order valence-electron chi connectivity index (χ3n) is 5.29. The Morgan fingerprint density at radius 3 is 2.61 bits per heavy atom. The van der Waals surface area contributed by atoms with Gasteiger partial charge in [-0.1, -0.05) is 42.5 Å². The number of nitrogens with one attached hydrogen (secondary N) is 2. The highest BCUT2D eigenvalue weighted by Gasteiger charge is 2.42. The summed E-state index contributed by atoms with van der Waals surface area (Å²) in [6.45, 7) is 4.52. The molecule has 120 valence electrons. The van der Waals surface area contributed by atoms with E-state index in [0.29, 0.717) is 0 Å². The molecule has 2 aromatic carbocycles. The van der Waals surface area contributed by atoms with Gasteiger partial charge in [-0.25, -0.2) is 0 Å². The molecule has 0 saturated carbocycles. The van der Waals surface area contributed by atoms with Crippen molar-refractivity contribution in [2.45, 2.75) is 24.9 Å². The van der Waals surface area contributed by atoms with Gasteiger partial charge in [0, 0.05) is 32.7 Å². The molecule has 0 unspecified atom stereocenters. The fraction of sp³-hybridized carbons (Fsp3) is 0.421. The first kappa shape index (κ1) is 14.7. The normalized spacial score (nSPS) is 21.5. The second kappa shape index (κ2) is 5.95. The fourth-order valence-electron chi connectivity index (χ4n) is 3.90. The maximum absolute atomic E-state index is 12.2. The minimum atomic E-state index is -0.326. The number of hydrogen-bond acceptors (Lipinski definition) is 3. The molecule has 4 rings (SSSR count). The Morgan fingerprint density at radius 1 is 1.00 bits per heavy atom. The lowest BCUT2D eigenvalue weighted by atomic mass is 9.85. The molecule has 0 atom stereocenters. The number of nitrogens with zero attached hydrogens (tertiary/aromatic N) is 1. The molecule has 23 heavy (non-hydrogen) atoms. The molecule has 4 heteroatoms. The van der Waals surface area contributed by atoms with Gasteiger partial charge in [-0.2, -0.15) is 0 Å². The molecule has 0 aromatic heterocycles. The molecular weight excluding hydrogens is 286 g/mol. The van der Waals surface area contributed by atoms with Crippen LogP contribution in [-0.4, -0.2) is 42.5 Å². The minimum Gasteiger partial charge on any atom is -0.353 e. The number of amides is 1. The number of carbonyl (C=O) groups is 1. The first-order valence-electron chi connectivity index (χ1n) is 8.49. The van der Waals surface area contributed by atoms with E-state index in [0.717, 1.165) is 45.6 Å². The van der Waals surface area contributed by atoms with Crippen molar-refractivity contribution in [3.8, 4) is 0 Å². The summed E-state index contributed by atoms with van der Waals surface area (Å²) in [5.74, 6) is 0.188. The Hall–Kier alpha value is -1.91. The van der Waals surface area contributed by atoms with E-state index in [2.05, 4.69) is 58.0 Å². The zero-order valence-corrected chi connectivity index (χ0v) is 13.3. The van der Waals surface area contributed by atoms with Crippen LogP contribution in [0.15, 0.2) is 42.5 Å². The number of piperazine rings is 1. The van der Waals surface area contributed by atoms with Crippen LogP contribution >= 0.6 is 0 Å². The van der Waals surface area contributed by atoms with Gasteiger partial charge in [0.1, 0.15) is 5.54 Å². The number of likely N-dealkylation sites (tertiary alicyclic amines) is 1. The minimum absolute atomic E-state index is 0.188. The van der Waals surface area contributed by atoms with Crippen LogP contribution in [0.1, 0.15) is 18.4 Å². The summed E-state index contributed by atoms with van der Waals surface area (Å²) in [6.07, 6.45) is 1.78. The molecule has 0 bridgehead atoms. The highest BCUT2D eigenvalue weighted by Crippen LogP contribution is 2.26. The first-order chi connectivity index (χ1) is 11.3. The molecule has 2 N–H and O–H groups in total. The van der Waals surface area contributed by atoms with Gasteiger partial charge < -0.3 is 10.6 Å². The molecule has 4 nitrogen and oxygen atoms in total. The number of benzene rings is 2. The lowest BCUT2D eigenvalue weighted by molar-refractivity contribution is -0.131. The lowest BCUT2D eigenvalue weighted by Crippen LogP contribution is -2.66. The van der Waals surface area contributed by atoms with Crippen LogP contribution < -0.4 is 10.6 Å². The summed E-state index contributed by atoms with van der Waals surface area (Å²) in [7, 11) is 0. The molecule has 0 aliphatic carbocycles. The van der Waals surface area contributed by atoms with Crippen molar-refractivity contribution >= 4 is 16.7 Å². The Balaban J connectivity index is 1.48. The second-order valence-corrected chi connectivity index (χ2v) is 6.68. The van der Waals surface area contributed by atoms with Gasteiger partial charge >= 0.3 is 0 Å². The summed E-state index contributed by atoms with van der Waals surface area (Å²) < 4.78 is 0. The number of hydrogen-bond donors (Lipinski definition) is 2. The average molecular weight is 309 g/mol. The largest absolute Gasteiger partial charge is 0.353 e. The van der Waals surface area contributed by atoms with E-state index in [1.165, 1.54) is 16.3 Å². The summed E-state index contributed by atoms with van der Waals surface area (Å²) in [4.78, 5) is 14.7. The summed E-state index contributed by atoms with van der Waals surface area (Å²) in [5, 5.41) is 9.11. The smallest absolute Gasteiger partial charge is 0.240 e. The zero-order chi connectivity index (χ0) is 15.7. The molecule has 2 aliphatic rings. The van der Waals surface area contributed by atoms with E-state index in [4.69, 9.17) is 0 Å². The molecule has 2 fully saturated rings. The number of piperidine rings is 1. The maximum atomic E-state index is 12.2. The van der Waals surface area contributed by atoms with Crippen molar-refractivity contribution in [3.05, 3.63) is 48.0 Å². The Morgan fingerprint density at radius 2 is 1.78 bits per heavy atom. The van der Waals surface area contributed by atoms with Crippen molar-refractivity contribution in [2.24, 2.45) is 0 Å². The van der Waals surface area contributed by atoms with E-state index >= 15 is 0 Å². The van der Waals surface area contributed by atoms with E-state index < -0.39 is 0 Å². The molecule has 1 amide bonds.